The van der Waals surface area contributed by atoms with E-state index in [1.165, 1.54) is 0 Å². The number of hydrogen-bond acceptors (Lipinski definition) is 4. The molecule has 0 aliphatic heterocycles. The van der Waals surface area contributed by atoms with Crippen LogP contribution in [0.3, 0.4) is 0 Å². The summed E-state index contributed by atoms with van der Waals surface area (Å²) in [6.45, 7) is 2.23. The molecule has 20 heavy (non-hydrogen) atoms. The second-order valence-corrected chi connectivity index (χ2v) is 4.56. The summed E-state index contributed by atoms with van der Waals surface area (Å²) in [6.07, 6.45) is -0.00444. The lowest BCUT2D eigenvalue weighted by molar-refractivity contribution is 0.207. The third-order valence-corrected chi connectivity index (χ3v) is 2.97. The van der Waals surface area contributed by atoms with Crippen molar-refractivity contribution in [1.82, 2.24) is 4.98 Å². The van der Waals surface area contributed by atoms with Gasteiger partial charge in [0.05, 0.1) is 10.9 Å². The average molecular weight is 267 g/mol. The van der Waals surface area contributed by atoms with Gasteiger partial charge in [0.1, 0.15) is 6.61 Å². The maximum absolute atomic E-state index is 11.9. The summed E-state index contributed by atoms with van der Waals surface area (Å²) >= 11 is 0. The van der Waals surface area contributed by atoms with Crippen molar-refractivity contribution in [1.29, 1.82) is 0 Å². The standard InChI is InChI=1S/C16H13NO3/c1-11-7-8-14-13(9-11)15(18)20-16(17-14)19-10-12-5-3-2-4-6-12/h2-9H,10H2,1H3. The maximum atomic E-state index is 11.9. The smallest absolute Gasteiger partial charge is 0.397 e. The first kappa shape index (κ1) is 12.4. The molecule has 0 radical (unpaired) electrons. The van der Waals surface area contributed by atoms with Crippen LogP contribution in [-0.2, 0) is 6.61 Å². The number of benzene rings is 2. The highest BCUT2D eigenvalue weighted by molar-refractivity contribution is 5.77. The van der Waals surface area contributed by atoms with Gasteiger partial charge in [-0.1, -0.05) is 42.0 Å². The van der Waals surface area contributed by atoms with Gasteiger partial charge >= 0.3 is 11.7 Å². The van der Waals surface area contributed by atoms with Crippen LogP contribution in [0.2, 0.25) is 0 Å². The highest BCUT2D eigenvalue weighted by atomic mass is 16.6. The molecule has 0 N–H and O–H groups in total. The van der Waals surface area contributed by atoms with Crippen LogP contribution < -0.4 is 10.4 Å². The fourth-order valence-electron chi connectivity index (χ4n) is 1.95. The third-order valence-electron chi connectivity index (χ3n) is 2.97. The third kappa shape index (κ3) is 2.54. The Bertz CT molecular complexity index is 794. The van der Waals surface area contributed by atoms with Gasteiger partial charge in [0, 0.05) is 0 Å². The lowest BCUT2D eigenvalue weighted by atomic mass is 10.2. The van der Waals surface area contributed by atoms with Crippen LogP contribution in [0.5, 0.6) is 6.08 Å². The zero-order valence-corrected chi connectivity index (χ0v) is 11.0. The molecule has 3 aromatic rings. The second-order valence-electron chi connectivity index (χ2n) is 4.56. The van der Waals surface area contributed by atoms with E-state index in [2.05, 4.69) is 4.98 Å². The highest BCUT2D eigenvalue weighted by Crippen LogP contribution is 2.15. The Morgan fingerprint density at radius 3 is 2.75 bits per heavy atom. The van der Waals surface area contributed by atoms with Crippen molar-refractivity contribution in [3.8, 4) is 6.08 Å². The maximum Gasteiger partial charge on any atom is 0.397 e. The number of aryl methyl sites for hydroxylation is 1. The van der Waals surface area contributed by atoms with Crippen molar-refractivity contribution in [2.75, 3.05) is 0 Å². The van der Waals surface area contributed by atoms with Gasteiger partial charge < -0.3 is 9.15 Å². The first-order valence-corrected chi connectivity index (χ1v) is 6.30. The van der Waals surface area contributed by atoms with Crippen LogP contribution in [0.4, 0.5) is 0 Å². The van der Waals surface area contributed by atoms with Gasteiger partial charge in [-0.15, -0.1) is 0 Å². The average Bonchev–Trinajstić information content (AvgIpc) is 2.47. The Balaban J connectivity index is 1.89. The van der Waals surface area contributed by atoms with Crippen LogP contribution in [0, 0.1) is 6.92 Å². The van der Waals surface area contributed by atoms with Gasteiger partial charge in [-0.25, -0.2) is 4.79 Å². The molecule has 1 heterocycles. The Kier molecular flexibility index (Phi) is 3.21. The molecule has 3 rings (SSSR count). The molecule has 0 atom stereocenters. The summed E-state index contributed by atoms with van der Waals surface area (Å²) < 4.78 is 10.5. The number of aromatic nitrogens is 1. The molecule has 0 aliphatic rings. The Labute approximate surface area is 115 Å². The van der Waals surface area contributed by atoms with E-state index in [1.54, 1.807) is 12.1 Å². The summed E-state index contributed by atoms with van der Waals surface area (Å²) in [4.78, 5) is 16.1. The van der Waals surface area contributed by atoms with Gasteiger partial charge in [0.2, 0.25) is 0 Å². The monoisotopic (exact) mass is 267 g/mol. The van der Waals surface area contributed by atoms with Crippen molar-refractivity contribution in [2.45, 2.75) is 13.5 Å². The molecular formula is C16H13NO3. The minimum Gasteiger partial charge on any atom is -0.445 e. The lowest BCUT2D eigenvalue weighted by Gasteiger charge is -2.04. The normalized spacial score (nSPS) is 10.7. The molecule has 100 valence electrons. The number of rotatable bonds is 3. The van der Waals surface area contributed by atoms with Crippen molar-refractivity contribution < 1.29 is 9.15 Å². The van der Waals surface area contributed by atoms with Crippen LogP contribution in [-0.4, -0.2) is 4.98 Å². The van der Waals surface area contributed by atoms with Crippen molar-refractivity contribution in [3.63, 3.8) is 0 Å². The van der Waals surface area contributed by atoms with Crippen molar-refractivity contribution >= 4 is 10.9 Å². The predicted octanol–water partition coefficient (Wildman–Crippen LogP) is 3.08. The SMILES string of the molecule is Cc1ccc2nc(OCc3ccccc3)oc(=O)c2c1. The van der Waals surface area contributed by atoms with Gasteiger partial charge in [0.25, 0.3) is 0 Å². The van der Waals surface area contributed by atoms with E-state index in [9.17, 15) is 4.79 Å². The van der Waals surface area contributed by atoms with Crippen LogP contribution in [0.25, 0.3) is 10.9 Å². The molecule has 4 nitrogen and oxygen atoms in total. The molecule has 0 saturated heterocycles. The summed E-state index contributed by atoms with van der Waals surface area (Å²) in [5.74, 6) is 0. The van der Waals surface area contributed by atoms with Crippen LogP contribution in [0.15, 0.2) is 57.7 Å². The number of fused-ring (bicyclic) bond motifs is 1. The van der Waals surface area contributed by atoms with E-state index in [0.717, 1.165) is 11.1 Å². The lowest BCUT2D eigenvalue weighted by Crippen LogP contribution is -2.05. The minimum atomic E-state index is -0.429. The Hall–Kier alpha value is -2.62. The summed E-state index contributed by atoms with van der Waals surface area (Å²) in [5, 5.41) is 0.470. The van der Waals surface area contributed by atoms with E-state index in [-0.39, 0.29) is 6.08 Å². The summed E-state index contributed by atoms with van der Waals surface area (Å²) in [5.41, 5.74) is 2.13. The van der Waals surface area contributed by atoms with Crippen molar-refractivity contribution in [2.24, 2.45) is 0 Å². The van der Waals surface area contributed by atoms with Crippen LogP contribution in [0.1, 0.15) is 11.1 Å². The second kappa shape index (κ2) is 5.17. The van der Waals surface area contributed by atoms with Gasteiger partial charge in [-0.2, -0.15) is 4.98 Å². The first-order chi connectivity index (χ1) is 9.72. The fraction of sp³-hybridized carbons (Fsp3) is 0.125. The summed E-state index contributed by atoms with van der Waals surface area (Å²) in [7, 11) is 0. The molecule has 0 spiro atoms. The molecule has 0 unspecified atom stereocenters. The van der Waals surface area contributed by atoms with Gasteiger partial charge in [-0.3, -0.25) is 0 Å². The summed E-state index contributed by atoms with van der Waals surface area (Å²) in [6, 6.07) is 15.1. The molecule has 4 heteroatoms. The van der Waals surface area contributed by atoms with Gasteiger partial charge in [-0.05, 0) is 24.6 Å². The zero-order chi connectivity index (χ0) is 13.9. The van der Waals surface area contributed by atoms with E-state index >= 15 is 0 Å². The molecule has 1 aromatic heterocycles. The topological polar surface area (TPSA) is 52.3 Å². The quantitative estimate of drug-likeness (QED) is 0.731. The molecule has 0 bridgehead atoms. The van der Waals surface area contributed by atoms with Gasteiger partial charge in [0.15, 0.2) is 0 Å². The molecule has 0 fully saturated rings. The number of ether oxygens (including phenoxy) is 1. The van der Waals surface area contributed by atoms with Crippen LogP contribution >= 0.6 is 0 Å². The minimum absolute atomic E-state index is 0.00444. The molecule has 0 aliphatic carbocycles. The zero-order valence-electron chi connectivity index (χ0n) is 11.0. The molecular weight excluding hydrogens is 254 g/mol. The first-order valence-electron chi connectivity index (χ1n) is 6.30. The largest absolute Gasteiger partial charge is 0.445 e. The molecule has 2 aromatic carbocycles. The molecule has 0 saturated carbocycles. The van der Waals surface area contributed by atoms with Crippen molar-refractivity contribution in [3.05, 3.63) is 70.1 Å². The number of hydrogen-bond donors (Lipinski definition) is 0. The Morgan fingerprint density at radius 2 is 1.95 bits per heavy atom. The molecule has 0 amide bonds. The predicted molar refractivity (Wildman–Crippen MR) is 75.8 cm³/mol. The van der Waals surface area contributed by atoms with E-state index in [0.29, 0.717) is 17.5 Å². The van der Waals surface area contributed by atoms with E-state index in [1.807, 2.05) is 43.3 Å². The Morgan fingerprint density at radius 1 is 1.15 bits per heavy atom. The highest BCUT2D eigenvalue weighted by Gasteiger charge is 2.07. The number of nitrogens with zero attached hydrogens (tertiary/aromatic N) is 1. The van der Waals surface area contributed by atoms with E-state index in [4.69, 9.17) is 9.15 Å². The fourth-order valence-corrected chi connectivity index (χ4v) is 1.95. The van der Waals surface area contributed by atoms with E-state index < -0.39 is 5.63 Å².